The van der Waals surface area contributed by atoms with Crippen molar-refractivity contribution in [3.05, 3.63) is 60.3 Å². The van der Waals surface area contributed by atoms with Gasteiger partial charge in [-0.05, 0) is 47.7 Å². The number of anilines is 2. The van der Waals surface area contributed by atoms with Crippen LogP contribution in [0.4, 0.5) is 11.4 Å². The van der Waals surface area contributed by atoms with Crippen molar-refractivity contribution in [1.82, 2.24) is 4.57 Å². The van der Waals surface area contributed by atoms with Gasteiger partial charge in [-0.25, -0.2) is 0 Å². The van der Waals surface area contributed by atoms with Crippen molar-refractivity contribution in [2.45, 2.75) is 25.8 Å². The van der Waals surface area contributed by atoms with Gasteiger partial charge in [0.25, 0.3) is 0 Å². The zero-order valence-corrected chi connectivity index (χ0v) is 13.8. The third-order valence-corrected chi connectivity index (χ3v) is 4.54. The Morgan fingerprint density at radius 1 is 1.12 bits per heavy atom. The van der Waals surface area contributed by atoms with Crippen LogP contribution in [0.1, 0.15) is 18.4 Å². The molecule has 1 aromatic heterocycles. The fraction of sp³-hybridized carbons (Fsp3) is 0.200. The van der Waals surface area contributed by atoms with Crippen LogP contribution in [0.2, 0.25) is 0 Å². The van der Waals surface area contributed by atoms with Crippen LogP contribution in [-0.4, -0.2) is 16.4 Å². The number of nitrogens with one attached hydrogen (secondary N) is 2. The molecule has 0 spiro atoms. The minimum Gasteiger partial charge on any atom is -0.347 e. The molecule has 5 heteroatoms. The van der Waals surface area contributed by atoms with Crippen molar-refractivity contribution in [3.8, 4) is 0 Å². The number of nitrogens with zero attached hydrogens (tertiary/aromatic N) is 1. The summed E-state index contributed by atoms with van der Waals surface area (Å²) >= 11 is 0. The van der Waals surface area contributed by atoms with E-state index in [4.69, 9.17) is 0 Å². The number of aromatic nitrogens is 1. The predicted octanol–water partition coefficient (Wildman–Crippen LogP) is 3.55. The summed E-state index contributed by atoms with van der Waals surface area (Å²) < 4.78 is 2.09. The van der Waals surface area contributed by atoms with Crippen molar-refractivity contribution in [2.24, 2.45) is 0 Å². The van der Waals surface area contributed by atoms with Crippen LogP contribution in [0.3, 0.4) is 0 Å². The summed E-state index contributed by atoms with van der Waals surface area (Å²) in [5, 5.41) is 6.98. The van der Waals surface area contributed by atoms with Gasteiger partial charge in [0.1, 0.15) is 0 Å². The highest BCUT2D eigenvalue weighted by Gasteiger charge is 2.15. The molecule has 3 aromatic rings. The van der Waals surface area contributed by atoms with Gasteiger partial charge < -0.3 is 15.2 Å². The van der Waals surface area contributed by atoms with E-state index in [-0.39, 0.29) is 11.8 Å². The van der Waals surface area contributed by atoms with Gasteiger partial charge in [0, 0.05) is 42.5 Å². The SMILES string of the molecule is O=C(CCn1ccc2ccccc21)Nc1ccc2c(c1)CCC(=O)N2. The summed E-state index contributed by atoms with van der Waals surface area (Å²) in [6.07, 6.45) is 3.62. The Kier molecular flexibility index (Phi) is 3.98. The van der Waals surface area contributed by atoms with Crippen LogP contribution in [0, 0.1) is 0 Å². The molecule has 25 heavy (non-hydrogen) atoms. The Hall–Kier alpha value is -3.08. The van der Waals surface area contributed by atoms with Crippen LogP contribution in [0.25, 0.3) is 10.9 Å². The smallest absolute Gasteiger partial charge is 0.226 e. The number of benzene rings is 2. The van der Waals surface area contributed by atoms with Crippen LogP contribution in [-0.2, 0) is 22.6 Å². The standard InChI is InChI=1S/C20H19N3O2/c24-19-8-5-15-13-16(6-7-17(15)22-19)21-20(25)10-12-23-11-9-14-3-1-2-4-18(14)23/h1-4,6-7,9,11,13H,5,8,10,12H2,(H,21,25)(H,22,24). The molecule has 2 aromatic carbocycles. The summed E-state index contributed by atoms with van der Waals surface area (Å²) in [5.74, 6) is 0.0285. The lowest BCUT2D eigenvalue weighted by Gasteiger charge is -2.17. The highest BCUT2D eigenvalue weighted by Crippen LogP contribution is 2.25. The number of para-hydroxylation sites is 1. The first-order valence-corrected chi connectivity index (χ1v) is 8.45. The van der Waals surface area contributed by atoms with Crippen LogP contribution >= 0.6 is 0 Å². The Morgan fingerprint density at radius 3 is 2.92 bits per heavy atom. The maximum atomic E-state index is 12.3. The molecule has 0 atom stereocenters. The molecule has 5 nitrogen and oxygen atoms in total. The topological polar surface area (TPSA) is 63.1 Å². The molecular weight excluding hydrogens is 314 g/mol. The highest BCUT2D eigenvalue weighted by atomic mass is 16.2. The lowest BCUT2D eigenvalue weighted by molar-refractivity contribution is -0.117. The number of hydrogen-bond donors (Lipinski definition) is 2. The molecule has 0 bridgehead atoms. The van der Waals surface area contributed by atoms with Crippen molar-refractivity contribution in [2.75, 3.05) is 10.6 Å². The number of hydrogen-bond acceptors (Lipinski definition) is 2. The summed E-state index contributed by atoms with van der Waals surface area (Å²) in [6, 6.07) is 15.8. The van der Waals surface area contributed by atoms with E-state index in [0.29, 0.717) is 25.8 Å². The molecule has 4 rings (SSSR count). The minimum absolute atomic E-state index is 0.0161. The molecule has 0 saturated carbocycles. The molecule has 1 aliphatic heterocycles. The number of carbonyl (C=O) groups excluding carboxylic acids is 2. The molecule has 0 fully saturated rings. The van der Waals surface area contributed by atoms with Gasteiger partial charge in [0.05, 0.1) is 0 Å². The van der Waals surface area contributed by atoms with Crippen LogP contribution in [0.5, 0.6) is 0 Å². The summed E-state index contributed by atoms with van der Waals surface area (Å²) in [4.78, 5) is 23.7. The molecule has 2 amide bonds. The van der Waals surface area contributed by atoms with Gasteiger partial charge >= 0.3 is 0 Å². The highest BCUT2D eigenvalue weighted by molar-refractivity contribution is 5.95. The van der Waals surface area contributed by atoms with Crippen molar-refractivity contribution in [1.29, 1.82) is 0 Å². The molecule has 0 unspecified atom stereocenters. The zero-order valence-electron chi connectivity index (χ0n) is 13.8. The van der Waals surface area contributed by atoms with Gasteiger partial charge in [-0.1, -0.05) is 18.2 Å². The van der Waals surface area contributed by atoms with E-state index in [1.54, 1.807) is 0 Å². The minimum atomic E-state index is -0.0161. The Balaban J connectivity index is 1.40. The monoisotopic (exact) mass is 333 g/mol. The molecular formula is C20H19N3O2. The molecule has 2 N–H and O–H groups in total. The van der Waals surface area contributed by atoms with Gasteiger partial charge in [-0.3, -0.25) is 9.59 Å². The van der Waals surface area contributed by atoms with Gasteiger partial charge in [0.15, 0.2) is 0 Å². The second-order valence-corrected chi connectivity index (χ2v) is 6.29. The average Bonchev–Trinajstić information content (AvgIpc) is 3.03. The van der Waals surface area contributed by atoms with Crippen LogP contribution < -0.4 is 10.6 Å². The second kappa shape index (κ2) is 6.43. The van der Waals surface area contributed by atoms with E-state index in [2.05, 4.69) is 33.4 Å². The number of amides is 2. The summed E-state index contributed by atoms with van der Waals surface area (Å²) in [6.45, 7) is 0.639. The van der Waals surface area contributed by atoms with Crippen molar-refractivity contribution in [3.63, 3.8) is 0 Å². The molecule has 0 radical (unpaired) electrons. The van der Waals surface area contributed by atoms with E-state index < -0.39 is 0 Å². The first-order chi connectivity index (χ1) is 12.2. The third kappa shape index (κ3) is 3.26. The van der Waals surface area contributed by atoms with E-state index in [1.165, 1.54) is 5.39 Å². The van der Waals surface area contributed by atoms with Crippen LogP contribution in [0.15, 0.2) is 54.7 Å². The van der Waals surface area contributed by atoms with E-state index in [0.717, 1.165) is 22.5 Å². The number of rotatable bonds is 4. The van der Waals surface area contributed by atoms with E-state index in [1.807, 2.05) is 36.5 Å². The Labute approximate surface area is 145 Å². The first-order valence-electron chi connectivity index (χ1n) is 8.45. The van der Waals surface area contributed by atoms with Gasteiger partial charge in [-0.15, -0.1) is 0 Å². The zero-order chi connectivity index (χ0) is 17.2. The number of aryl methyl sites for hydroxylation is 2. The third-order valence-electron chi connectivity index (χ3n) is 4.54. The molecule has 0 saturated heterocycles. The average molecular weight is 333 g/mol. The summed E-state index contributed by atoms with van der Waals surface area (Å²) in [7, 11) is 0. The van der Waals surface area contributed by atoms with Crippen molar-refractivity contribution >= 4 is 34.1 Å². The lowest BCUT2D eigenvalue weighted by Crippen LogP contribution is -2.19. The van der Waals surface area contributed by atoms with Crippen molar-refractivity contribution < 1.29 is 9.59 Å². The number of carbonyl (C=O) groups is 2. The largest absolute Gasteiger partial charge is 0.347 e. The molecule has 0 aliphatic carbocycles. The predicted molar refractivity (Wildman–Crippen MR) is 98.6 cm³/mol. The normalized spacial score (nSPS) is 13.4. The quantitative estimate of drug-likeness (QED) is 0.767. The fourth-order valence-electron chi connectivity index (χ4n) is 3.24. The second-order valence-electron chi connectivity index (χ2n) is 6.29. The van der Waals surface area contributed by atoms with Gasteiger partial charge in [-0.2, -0.15) is 0 Å². The molecule has 1 aliphatic rings. The molecule has 2 heterocycles. The van der Waals surface area contributed by atoms with E-state index >= 15 is 0 Å². The summed E-state index contributed by atoms with van der Waals surface area (Å²) in [5.41, 5.74) is 3.82. The Morgan fingerprint density at radius 2 is 2.00 bits per heavy atom. The fourth-order valence-corrected chi connectivity index (χ4v) is 3.24. The maximum absolute atomic E-state index is 12.3. The first kappa shape index (κ1) is 15.4. The Bertz CT molecular complexity index is 958. The molecule has 126 valence electrons. The lowest BCUT2D eigenvalue weighted by atomic mass is 10.0. The number of fused-ring (bicyclic) bond motifs is 2. The van der Waals surface area contributed by atoms with Gasteiger partial charge in [0.2, 0.25) is 11.8 Å². The maximum Gasteiger partial charge on any atom is 0.226 e. The van der Waals surface area contributed by atoms with E-state index in [9.17, 15) is 9.59 Å².